The van der Waals surface area contributed by atoms with E-state index in [-0.39, 0.29) is 23.9 Å². The zero-order valence-corrected chi connectivity index (χ0v) is 10.8. The van der Waals surface area contributed by atoms with Crippen LogP contribution in [-0.2, 0) is 9.53 Å². The fourth-order valence-electron chi connectivity index (χ4n) is 1.16. The number of hydrogen-bond acceptors (Lipinski definition) is 6. The molecule has 0 saturated carbocycles. The molecule has 0 saturated heterocycles. The smallest absolute Gasteiger partial charge is 0.367 e. The number of ether oxygens (including phenoxy) is 1. The Labute approximate surface area is 108 Å². The largest absolute Gasteiger partial charge is 0.461 e. The second kappa shape index (κ2) is 6.10. The third-order valence-corrected chi connectivity index (χ3v) is 2.74. The summed E-state index contributed by atoms with van der Waals surface area (Å²) in [5.41, 5.74) is 5.07. The number of carbonyl (C=O) groups is 3. The minimum atomic E-state index is -0.619. The molecule has 2 N–H and O–H groups in total. The minimum absolute atomic E-state index is 0.0896. The lowest BCUT2D eigenvalue weighted by Gasteiger charge is -2.12. The van der Waals surface area contributed by atoms with Gasteiger partial charge in [-0.25, -0.2) is 9.78 Å². The Balaban J connectivity index is 2.76. The van der Waals surface area contributed by atoms with Crippen molar-refractivity contribution in [2.75, 3.05) is 20.2 Å². The number of carbonyl (C=O) groups excluding carboxylic acids is 3. The molecular weight excluding hydrogens is 258 g/mol. The van der Waals surface area contributed by atoms with Crippen molar-refractivity contribution in [1.82, 2.24) is 9.88 Å². The van der Waals surface area contributed by atoms with Gasteiger partial charge in [-0.05, 0) is 6.92 Å². The summed E-state index contributed by atoms with van der Waals surface area (Å²) < 4.78 is 4.76. The summed E-state index contributed by atoms with van der Waals surface area (Å²) >= 11 is 1.01. The van der Waals surface area contributed by atoms with Gasteiger partial charge in [0.25, 0.3) is 5.91 Å². The van der Waals surface area contributed by atoms with Gasteiger partial charge in [0.15, 0.2) is 0 Å². The van der Waals surface area contributed by atoms with E-state index in [2.05, 4.69) is 4.98 Å². The first-order chi connectivity index (χ1) is 8.45. The van der Waals surface area contributed by atoms with Gasteiger partial charge in [-0.15, -0.1) is 11.3 Å². The van der Waals surface area contributed by atoms with Gasteiger partial charge in [0.2, 0.25) is 10.9 Å². The van der Waals surface area contributed by atoms with Crippen molar-refractivity contribution in [1.29, 1.82) is 0 Å². The van der Waals surface area contributed by atoms with Crippen molar-refractivity contribution in [3.8, 4) is 0 Å². The summed E-state index contributed by atoms with van der Waals surface area (Å²) in [6.07, 6.45) is 0. The third-order valence-electron chi connectivity index (χ3n) is 1.91. The Morgan fingerprint density at radius 2 is 2.17 bits per heavy atom. The summed E-state index contributed by atoms with van der Waals surface area (Å²) in [5, 5.41) is 1.54. The van der Waals surface area contributed by atoms with Crippen LogP contribution in [0.1, 0.15) is 27.2 Å². The lowest BCUT2D eigenvalue weighted by molar-refractivity contribution is -0.118. The predicted molar refractivity (Wildman–Crippen MR) is 64.2 cm³/mol. The molecule has 1 heterocycles. The second-order valence-corrected chi connectivity index (χ2v) is 4.24. The van der Waals surface area contributed by atoms with E-state index >= 15 is 0 Å². The van der Waals surface area contributed by atoms with Crippen molar-refractivity contribution >= 4 is 29.1 Å². The second-order valence-electron chi connectivity index (χ2n) is 3.39. The molecular formula is C10H13N3O4S. The van der Waals surface area contributed by atoms with Crippen LogP contribution >= 0.6 is 11.3 Å². The zero-order chi connectivity index (χ0) is 13.7. The Kier molecular flexibility index (Phi) is 4.78. The van der Waals surface area contributed by atoms with E-state index in [1.807, 2.05) is 0 Å². The Morgan fingerprint density at radius 1 is 1.50 bits per heavy atom. The van der Waals surface area contributed by atoms with Crippen molar-refractivity contribution in [2.45, 2.75) is 6.92 Å². The summed E-state index contributed by atoms with van der Waals surface area (Å²) in [6.45, 7) is 1.71. The quantitative estimate of drug-likeness (QED) is 0.752. The molecule has 0 fully saturated rings. The summed E-state index contributed by atoms with van der Waals surface area (Å²) in [5.74, 6) is -1.66. The Morgan fingerprint density at radius 3 is 2.72 bits per heavy atom. The normalized spacial score (nSPS) is 9.89. The topological polar surface area (TPSA) is 103 Å². The molecule has 98 valence electrons. The summed E-state index contributed by atoms with van der Waals surface area (Å²) in [4.78, 5) is 38.8. The first-order valence-corrected chi connectivity index (χ1v) is 6.00. The number of aromatic nitrogens is 1. The molecule has 0 aromatic carbocycles. The van der Waals surface area contributed by atoms with Gasteiger partial charge in [-0.2, -0.15) is 0 Å². The van der Waals surface area contributed by atoms with Gasteiger partial charge in [0, 0.05) is 12.4 Å². The third kappa shape index (κ3) is 3.52. The van der Waals surface area contributed by atoms with Gasteiger partial charge < -0.3 is 15.4 Å². The number of thiazole rings is 1. The molecule has 1 rings (SSSR count). The number of nitrogens with two attached hydrogens (primary N) is 1. The van der Waals surface area contributed by atoms with E-state index < -0.39 is 17.8 Å². The highest BCUT2D eigenvalue weighted by molar-refractivity contribution is 7.11. The lowest BCUT2D eigenvalue weighted by Crippen LogP contribution is -2.35. The number of hydrogen-bond donors (Lipinski definition) is 1. The van der Waals surface area contributed by atoms with Crippen LogP contribution in [0.2, 0.25) is 0 Å². The van der Waals surface area contributed by atoms with Crippen LogP contribution in [0.4, 0.5) is 0 Å². The van der Waals surface area contributed by atoms with Crippen molar-refractivity contribution in [2.24, 2.45) is 5.73 Å². The number of nitrogens with zero attached hydrogens (tertiary/aromatic N) is 2. The van der Waals surface area contributed by atoms with E-state index in [0.29, 0.717) is 0 Å². The fourth-order valence-corrected chi connectivity index (χ4v) is 1.84. The number of primary amides is 1. The molecule has 0 spiro atoms. The van der Waals surface area contributed by atoms with Crippen LogP contribution in [-0.4, -0.2) is 47.9 Å². The highest BCUT2D eigenvalue weighted by Crippen LogP contribution is 2.12. The van der Waals surface area contributed by atoms with E-state index in [9.17, 15) is 14.4 Å². The van der Waals surface area contributed by atoms with E-state index in [4.69, 9.17) is 10.5 Å². The van der Waals surface area contributed by atoms with Crippen molar-refractivity contribution < 1.29 is 19.1 Å². The first kappa shape index (κ1) is 14.1. The van der Waals surface area contributed by atoms with Crippen molar-refractivity contribution in [3.05, 3.63) is 16.1 Å². The van der Waals surface area contributed by atoms with E-state index in [1.165, 1.54) is 12.4 Å². The number of esters is 1. The molecule has 18 heavy (non-hydrogen) atoms. The molecule has 7 nitrogen and oxygen atoms in total. The van der Waals surface area contributed by atoms with Gasteiger partial charge >= 0.3 is 5.97 Å². The summed E-state index contributed by atoms with van der Waals surface area (Å²) in [6, 6.07) is 0. The number of likely N-dealkylation sites (N-methyl/N-ethyl adjacent to an activating group) is 1. The molecule has 0 atom stereocenters. The van der Waals surface area contributed by atoms with Crippen LogP contribution in [0, 0.1) is 0 Å². The van der Waals surface area contributed by atoms with Crippen LogP contribution in [0.25, 0.3) is 0 Å². The van der Waals surface area contributed by atoms with Crippen molar-refractivity contribution in [3.63, 3.8) is 0 Å². The maximum Gasteiger partial charge on any atom is 0.367 e. The monoisotopic (exact) mass is 271 g/mol. The highest BCUT2D eigenvalue weighted by atomic mass is 32.1. The molecule has 0 aliphatic heterocycles. The highest BCUT2D eigenvalue weighted by Gasteiger charge is 2.19. The standard InChI is InChI=1S/C10H13N3O4S/c1-3-17-10(16)8-12-6(5-18-8)9(15)13(2)4-7(11)14/h5H,3-4H2,1-2H3,(H2,11,14). The van der Waals surface area contributed by atoms with Crippen LogP contribution < -0.4 is 5.73 Å². The SMILES string of the molecule is CCOC(=O)c1nc(C(=O)N(C)CC(N)=O)cs1. The van der Waals surface area contributed by atoms with Crippen LogP contribution in [0.5, 0.6) is 0 Å². The number of amides is 2. The molecule has 1 aromatic heterocycles. The number of rotatable bonds is 5. The van der Waals surface area contributed by atoms with Gasteiger partial charge in [0.05, 0.1) is 13.2 Å². The molecule has 0 aliphatic rings. The first-order valence-electron chi connectivity index (χ1n) is 5.12. The van der Waals surface area contributed by atoms with Gasteiger partial charge in [-0.3, -0.25) is 9.59 Å². The van der Waals surface area contributed by atoms with Crippen LogP contribution in [0.15, 0.2) is 5.38 Å². The van der Waals surface area contributed by atoms with Gasteiger partial charge in [0.1, 0.15) is 5.69 Å². The Bertz CT molecular complexity index is 471. The maximum absolute atomic E-state index is 11.8. The lowest BCUT2D eigenvalue weighted by atomic mass is 10.4. The molecule has 0 unspecified atom stereocenters. The Hall–Kier alpha value is -1.96. The maximum atomic E-state index is 11.8. The molecule has 1 aromatic rings. The average molecular weight is 271 g/mol. The van der Waals surface area contributed by atoms with Crippen LogP contribution in [0.3, 0.4) is 0 Å². The molecule has 0 aliphatic carbocycles. The van der Waals surface area contributed by atoms with E-state index in [1.54, 1.807) is 6.92 Å². The summed E-state index contributed by atoms with van der Waals surface area (Å²) in [7, 11) is 1.43. The zero-order valence-electron chi connectivity index (χ0n) is 10.0. The predicted octanol–water partition coefficient (Wildman–Crippen LogP) is -0.123. The molecule has 8 heteroatoms. The molecule has 0 bridgehead atoms. The fraction of sp³-hybridized carbons (Fsp3) is 0.400. The average Bonchev–Trinajstić information content (AvgIpc) is 2.76. The van der Waals surface area contributed by atoms with Gasteiger partial charge in [-0.1, -0.05) is 0 Å². The molecule has 2 amide bonds. The van der Waals surface area contributed by atoms with E-state index in [0.717, 1.165) is 16.2 Å². The molecule has 0 radical (unpaired) electrons. The minimum Gasteiger partial charge on any atom is -0.461 e.